The predicted molar refractivity (Wildman–Crippen MR) is 122 cm³/mol. The molecule has 2 aromatic carbocycles. The molecule has 1 aliphatic heterocycles. The van der Waals surface area contributed by atoms with Crippen LogP contribution in [0.25, 0.3) is 0 Å². The molecule has 4 rings (SSSR count). The highest BCUT2D eigenvalue weighted by Crippen LogP contribution is 2.28. The molecule has 160 valence electrons. The second kappa shape index (κ2) is 9.40. The first kappa shape index (κ1) is 21.2. The third kappa shape index (κ3) is 5.00. The van der Waals surface area contributed by atoms with Crippen LogP contribution in [0.15, 0.2) is 67.0 Å². The van der Waals surface area contributed by atoms with Crippen LogP contribution in [0, 0.1) is 19.7 Å². The van der Waals surface area contributed by atoms with Crippen LogP contribution in [0.5, 0.6) is 0 Å². The number of aryl methyl sites for hydroxylation is 2. The average Bonchev–Trinajstić information content (AvgIpc) is 2.78. The van der Waals surface area contributed by atoms with E-state index in [0.29, 0.717) is 16.8 Å². The van der Waals surface area contributed by atoms with Crippen LogP contribution in [-0.4, -0.2) is 34.9 Å². The number of hydrogen-bond donors (Lipinski definition) is 0. The van der Waals surface area contributed by atoms with Crippen molar-refractivity contribution in [2.24, 2.45) is 0 Å². The number of amides is 1. The Morgan fingerprint density at radius 1 is 1.10 bits per heavy atom. The molecular formula is C26H28FN3O. The Kier molecular flexibility index (Phi) is 6.42. The second-order valence-electron chi connectivity index (χ2n) is 8.35. The summed E-state index contributed by atoms with van der Waals surface area (Å²) in [7, 11) is 0. The Morgan fingerprint density at radius 3 is 2.58 bits per heavy atom. The highest BCUT2D eigenvalue weighted by molar-refractivity contribution is 6.06. The fourth-order valence-electron chi connectivity index (χ4n) is 4.23. The molecule has 1 aliphatic rings. The maximum absolute atomic E-state index is 14.4. The maximum atomic E-state index is 14.4. The molecule has 3 aromatic rings. The number of halogens is 1. The Hall–Kier alpha value is -3.05. The van der Waals surface area contributed by atoms with Gasteiger partial charge in [-0.1, -0.05) is 29.8 Å². The normalized spacial score (nSPS) is 15.1. The van der Waals surface area contributed by atoms with E-state index >= 15 is 0 Å². The van der Waals surface area contributed by atoms with Crippen LogP contribution in [0.2, 0.25) is 0 Å². The molecule has 1 saturated heterocycles. The first-order chi connectivity index (χ1) is 15.0. The fraction of sp³-hybridized carbons (Fsp3) is 0.308. The van der Waals surface area contributed by atoms with Crippen LogP contribution < -0.4 is 4.90 Å². The van der Waals surface area contributed by atoms with E-state index in [9.17, 15) is 9.18 Å². The Labute approximate surface area is 183 Å². The van der Waals surface area contributed by atoms with Crippen LogP contribution in [0.3, 0.4) is 0 Å². The van der Waals surface area contributed by atoms with Gasteiger partial charge in [0, 0.05) is 49.3 Å². The third-order valence-electron chi connectivity index (χ3n) is 5.97. The molecule has 0 aliphatic carbocycles. The van der Waals surface area contributed by atoms with Gasteiger partial charge in [-0.2, -0.15) is 0 Å². The minimum atomic E-state index is -0.284. The molecular weight excluding hydrogens is 389 g/mol. The predicted octanol–water partition coefficient (Wildman–Crippen LogP) is 5.15. The number of nitrogens with zero attached hydrogens (tertiary/aromatic N) is 3. The van der Waals surface area contributed by atoms with Crippen LogP contribution in [-0.2, 0) is 6.54 Å². The van der Waals surface area contributed by atoms with E-state index in [-0.39, 0.29) is 17.8 Å². The molecule has 0 spiro atoms. The zero-order valence-electron chi connectivity index (χ0n) is 18.1. The highest BCUT2D eigenvalue weighted by atomic mass is 19.1. The summed E-state index contributed by atoms with van der Waals surface area (Å²) in [5.74, 6) is -0.355. The van der Waals surface area contributed by atoms with Gasteiger partial charge in [0.1, 0.15) is 5.82 Å². The number of benzene rings is 2. The summed E-state index contributed by atoms with van der Waals surface area (Å²) in [6.45, 7) is 6.33. The van der Waals surface area contributed by atoms with Crippen molar-refractivity contribution in [3.8, 4) is 0 Å². The molecule has 0 N–H and O–H groups in total. The summed E-state index contributed by atoms with van der Waals surface area (Å²) in [5, 5.41) is 0. The zero-order chi connectivity index (χ0) is 21.8. The summed E-state index contributed by atoms with van der Waals surface area (Å²) >= 11 is 0. The van der Waals surface area contributed by atoms with E-state index in [1.54, 1.807) is 24.1 Å². The first-order valence-electron chi connectivity index (χ1n) is 10.8. The largest absolute Gasteiger partial charge is 0.305 e. The van der Waals surface area contributed by atoms with Crippen molar-refractivity contribution < 1.29 is 9.18 Å². The Balaban J connectivity index is 1.56. The van der Waals surface area contributed by atoms with E-state index in [0.717, 1.165) is 38.0 Å². The molecule has 2 heterocycles. The number of rotatable bonds is 5. The second-order valence-corrected chi connectivity index (χ2v) is 8.35. The van der Waals surface area contributed by atoms with E-state index in [1.165, 1.54) is 11.6 Å². The summed E-state index contributed by atoms with van der Waals surface area (Å²) in [5.41, 5.74) is 4.07. The summed E-state index contributed by atoms with van der Waals surface area (Å²) < 4.78 is 14.4. The lowest BCUT2D eigenvalue weighted by Crippen LogP contribution is -2.47. The smallest absolute Gasteiger partial charge is 0.258 e. The van der Waals surface area contributed by atoms with Gasteiger partial charge in [0.25, 0.3) is 5.91 Å². The lowest BCUT2D eigenvalue weighted by atomic mass is 9.99. The van der Waals surface area contributed by atoms with Gasteiger partial charge >= 0.3 is 0 Å². The van der Waals surface area contributed by atoms with Gasteiger partial charge in [0.2, 0.25) is 0 Å². The van der Waals surface area contributed by atoms with Crippen molar-refractivity contribution in [2.45, 2.75) is 39.3 Å². The van der Waals surface area contributed by atoms with E-state index in [1.807, 2.05) is 49.5 Å². The summed E-state index contributed by atoms with van der Waals surface area (Å²) in [4.78, 5) is 21.9. The van der Waals surface area contributed by atoms with Gasteiger partial charge < -0.3 is 4.90 Å². The van der Waals surface area contributed by atoms with E-state index < -0.39 is 0 Å². The molecule has 0 atom stereocenters. The lowest BCUT2D eigenvalue weighted by Gasteiger charge is -2.38. The molecule has 5 heteroatoms. The summed E-state index contributed by atoms with van der Waals surface area (Å²) in [6.07, 6.45) is 5.36. The third-order valence-corrected chi connectivity index (χ3v) is 5.97. The van der Waals surface area contributed by atoms with Gasteiger partial charge in [-0.15, -0.1) is 0 Å². The number of aromatic nitrogens is 1. The van der Waals surface area contributed by atoms with Gasteiger partial charge in [-0.3, -0.25) is 14.7 Å². The number of anilines is 1. The van der Waals surface area contributed by atoms with E-state index in [4.69, 9.17) is 0 Å². The van der Waals surface area contributed by atoms with Crippen LogP contribution in [0.1, 0.15) is 39.9 Å². The number of carbonyl (C=O) groups is 1. The van der Waals surface area contributed by atoms with Crippen molar-refractivity contribution in [1.29, 1.82) is 0 Å². The van der Waals surface area contributed by atoms with Crippen molar-refractivity contribution >= 4 is 11.6 Å². The molecule has 0 radical (unpaired) electrons. The number of carbonyl (C=O) groups excluding carboxylic acids is 1. The lowest BCUT2D eigenvalue weighted by molar-refractivity contribution is 0.0958. The minimum Gasteiger partial charge on any atom is -0.305 e. The van der Waals surface area contributed by atoms with Crippen molar-refractivity contribution in [1.82, 2.24) is 9.88 Å². The average molecular weight is 418 g/mol. The van der Waals surface area contributed by atoms with Crippen molar-refractivity contribution in [3.05, 3.63) is 95.1 Å². The molecule has 0 unspecified atom stereocenters. The van der Waals surface area contributed by atoms with Crippen molar-refractivity contribution in [3.63, 3.8) is 0 Å². The van der Waals surface area contributed by atoms with Gasteiger partial charge in [-0.05, 0) is 68.1 Å². The summed E-state index contributed by atoms with van der Waals surface area (Å²) in [6, 6.07) is 16.8. The number of pyridine rings is 1. The van der Waals surface area contributed by atoms with Gasteiger partial charge in [0.15, 0.2) is 0 Å². The quantitative estimate of drug-likeness (QED) is 0.576. The molecule has 31 heavy (non-hydrogen) atoms. The number of piperidine rings is 1. The van der Waals surface area contributed by atoms with Gasteiger partial charge in [0.05, 0.1) is 0 Å². The Morgan fingerprint density at radius 2 is 1.90 bits per heavy atom. The Bertz CT molecular complexity index is 1050. The van der Waals surface area contributed by atoms with Crippen molar-refractivity contribution in [2.75, 3.05) is 18.0 Å². The molecule has 1 aromatic heterocycles. The number of likely N-dealkylation sites (tertiary alicyclic amines) is 1. The highest BCUT2D eigenvalue weighted by Gasteiger charge is 2.30. The molecule has 1 fully saturated rings. The number of hydrogen-bond acceptors (Lipinski definition) is 3. The maximum Gasteiger partial charge on any atom is 0.258 e. The van der Waals surface area contributed by atoms with Crippen LogP contribution in [0.4, 0.5) is 10.1 Å². The van der Waals surface area contributed by atoms with E-state index in [2.05, 4.69) is 16.0 Å². The van der Waals surface area contributed by atoms with Gasteiger partial charge in [-0.25, -0.2) is 4.39 Å². The molecule has 1 amide bonds. The standard InChI is InChI=1S/C26H28FN3O/c1-19-5-3-7-22(15-19)26(31)30(24-9-8-20(2)25(27)16-24)23-10-13-29(14-11-23)18-21-6-4-12-28-17-21/h3-9,12,15-17,23H,10-11,13-14,18H2,1-2H3. The topological polar surface area (TPSA) is 36.4 Å². The van der Waals surface area contributed by atoms with Crippen LogP contribution >= 0.6 is 0 Å². The minimum absolute atomic E-state index is 0.0280. The molecule has 0 saturated carbocycles. The SMILES string of the molecule is Cc1cccc(C(=O)N(c2ccc(C)c(F)c2)C2CCN(Cc3cccnc3)CC2)c1. The molecule has 0 bridgehead atoms. The monoisotopic (exact) mass is 417 g/mol. The fourth-order valence-corrected chi connectivity index (χ4v) is 4.23. The zero-order valence-corrected chi connectivity index (χ0v) is 18.1. The molecule has 4 nitrogen and oxygen atoms in total. The first-order valence-corrected chi connectivity index (χ1v) is 10.8.